The Kier molecular flexibility index (Phi) is 5.58. The zero-order valence-corrected chi connectivity index (χ0v) is 15.1. The summed E-state index contributed by atoms with van der Waals surface area (Å²) < 4.78 is 65.6. The monoisotopic (exact) mass is 371 g/mol. The predicted octanol–water partition coefficient (Wildman–Crippen LogP) is 4.15. The van der Waals surface area contributed by atoms with Gasteiger partial charge in [0.25, 0.3) is 0 Å². The first-order valence-corrected chi connectivity index (χ1v) is 9.22. The Balaban J connectivity index is 2.12. The van der Waals surface area contributed by atoms with Gasteiger partial charge < -0.3 is 0 Å². The highest BCUT2D eigenvalue weighted by atomic mass is 32.2. The van der Waals surface area contributed by atoms with E-state index in [1.165, 1.54) is 6.07 Å². The molecule has 0 fully saturated rings. The average Bonchev–Trinajstić information content (AvgIpc) is 2.45. The van der Waals surface area contributed by atoms with E-state index in [-0.39, 0.29) is 17.9 Å². The van der Waals surface area contributed by atoms with Gasteiger partial charge in [-0.15, -0.1) is 0 Å². The summed E-state index contributed by atoms with van der Waals surface area (Å²) in [4.78, 5) is 0.224. The van der Waals surface area contributed by atoms with Gasteiger partial charge in [0, 0.05) is 6.54 Å². The molecule has 2 aromatic carbocycles. The SMILES string of the molecule is Cc1cc(C)c(S(=O)(=O)NCCc2cccc(C(F)(F)F)c2)c(C)c1. The lowest BCUT2D eigenvalue weighted by atomic mass is 10.1. The second-order valence-corrected chi connectivity index (χ2v) is 7.78. The van der Waals surface area contributed by atoms with Gasteiger partial charge >= 0.3 is 6.18 Å². The first-order valence-electron chi connectivity index (χ1n) is 7.74. The summed E-state index contributed by atoms with van der Waals surface area (Å²) in [6, 6.07) is 8.47. The molecule has 0 aliphatic carbocycles. The van der Waals surface area contributed by atoms with Crippen LogP contribution in [0, 0.1) is 20.8 Å². The molecule has 0 heterocycles. The lowest BCUT2D eigenvalue weighted by Gasteiger charge is -2.13. The van der Waals surface area contributed by atoms with Gasteiger partial charge in [0.15, 0.2) is 0 Å². The molecule has 136 valence electrons. The molecule has 0 aromatic heterocycles. The van der Waals surface area contributed by atoms with E-state index in [1.54, 1.807) is 32.0 Å². The fraction of sp³-hybridized carbons (Fsp3) is 0.333. The molecule has 0 saturated carbocycles. The smallest absolute Gasteiger partial charge is 0.211 e. The first-order chi connectivity index (χ1) is 11.5. The van der Waals surface area contributed by atoms with Gasteiger partial charge in [-0.1, -0.05) is 35.9 Å². The Bertz CT molecular complexity index is 851. The molecule has 25 heavy (non-hydrogen) atoms. The van der Waals surface area contributed by atoms with Crippen LogP contribution >= 0.6 is 0 Å². The molecule has 2 rings (SSSR count). The van der Waals surface area contributed by atoms with Crippen LogP contribution in [0.5, 0.6) is 0 Å². The maximum atomic E-state index is 12.7. The molecule has 0 radical (unpaired) electrons. The third-order valence-corrected chi connectivity index (χ3v) is 5.60. The van der Waals surface area contributed by atoms with Crippen molar-refractivity contribution in [3.63, 3.8) is 0 Å². The van der Waals surface area contributed by atoms with Gasteiger partial charge in [-0.05, 0) is 49.9 Å². The van der Waals surface area contributed by atoms with Crippen molar-refractivity contribution in [2.45, 2.75) is 38.3 Å². The second kappa shape index (κ2) is 7.17. The van der Waals surface area contributed by atoms with E-state index in [4.69, 9.17) is 0 Å². The summed E-state index contributed by atoms with van der Waals surface area (Å²) in [5, 5.41) is 0. The third kappa shape index (κ3) is 4.83. The van der Waals surface area contributed by atoms with E-state index in [9.17, 15) is 21.6 Å². The van der Waals surface area contributed by atoms with Gasteiger partial charge in [0.2, 0.25) is 10.0 Å². The lowest BCUT2D eigenvalue weighted by Crippen LogP contribution is -2.27. The highest BCUT2D eigenvalue weighted by Gasteiger charge is 2.30. The number of aryl methyl sites for hydroxylation is 3. The molecule has 1 N–H and O–H groups in total. The summed E-state index contributed by atoms with van der Waals surface area (Å²) >= 11 is 0. The van der Waals surface area contributed by atoms with Gasteiger partial charge in [0.1, 0.15) is 0 Å². The van der Waals surface area contributed by atoms with Crippen molar-refractivity contribution < 1.29 is 21.6 Å². The molecule has 0 saturated heterocycles. The number of benzene rings is 2. The summed E-state index contributed by atoms with van der Waals surface area (Å²) in [6.45, 7) is 5.36. The topological polar surface area (TPSA) is 46.2 Å². The number of alkyl halides is 3. The maximum absolute atomic E-state index is 12.7. The van der Waals surface area contributed by atoms with Crippen molar-refractivity contribution in [2.75, 3.05) is 6.54 Å². The fourth-order valence-corrected chi connectivity index (χ4v) is 4.38. The molecule has 0 atom stereocenters. The number of hydrogen-bond acceptors (Lipinski definition) is 2. The lowest BCUT2D eigenvalue weighted by molar-refractivity contribution is -0.137. The molecule has 3 nitrogen and oxygen atoms in total. The van der Waals surface area contributed by atoms with E-state index in [0.717, 1.165) is 17.7 Å². The standard InChI is InChI=1S/C18H20F3NO2S/c1-12-9-13(2)17(14(3)10-12)25(23,24)22-8-7-15-5-4-6-16(11-15)18(19,20)21/h4-6,9-11,22H,7-8H2,1-3H3. The zero-order valence-electron chi connectivity index (χ0n) is 14.2. The second-order valence-electron chi connectivity index (χ2n) is 6.07. The first kappa shape index (κ1) is 19.5. The molecule has 0 amide bonds. The minimum absolute atomic E-state index is 0.0242. The zero-order chi connectivity index (χ0) is 18.8. The fourth-order valence-electron chi connectivity index (χ4n) is 2.90. The maximum Gasteiger partial charge on any atom is 0.416 e. The van der Waals surface area contributed by atoms with Crippen LogP contribution in [0.1, 0.15) is 27.8 Å². The normalized spacial score (nSPS) is 12.4. The average molecular weight is 371 g/mol. The molecule has 0 aliphatic rings. The van der Waals surface area contributed by atoms with E-state index in [1.807, 2.05) is 6.92 Å². The van der Waals surface area contributed by atoms with Gasteiger partial charge in [-0.3, -0.25) is 0 Å². The summed E-state index contributed by atoms with van der Waals surface area (Å²) in [5.74, 6) is 0. The predicted molar refractivity (Wildman–Crippen MR) is 91.0 cm³/mol. The van der Waals surface area contributed by atoms with Gasteiger partial charge in [-0.25, -0.2) is 13.1 Å². The number of sulfonamides is 1. The molecule has 0 bridgehead atoms. The molecule has 2 aromatic rings. The summed E-state index contributed by atoms with van der Waals surface area (Å²) in [7, 11) is -3.72. The summed E-state index contributed by atoms with van der Waals surface area (Å²) in [5.41, 5.74) is 1.94. The Morgan fingerprint density at radius 2 is 1.60 bits per heavy atom. The van der Waals surface area contributed by atoms with Crippen LogP contribution in [-0.4, -0.2) is 15.0 Å². The molecular formula is C18H20F3NO2S. The van der Waals surface area contributed by atoms with Crippen molar-refractivity contribution >= 4 is 10.0 Å². The van der Waals surface area contributed by atoms with Crippen molar-refractivity contribution in [1.29, 1.82) is 0 Å². The number of rotatable bonds is 5. The van der Waals surface area contributed by atoms with Gasteiger partial charge in [0.05, 0.1) is 10.5 Å². The Labute approximate surface area is 145 Å². The van der Waals surface area contributed by atoms with Crippen LogP contribution in [0.2, 0.25) is 0 Å². The van der Waals surface area contributed by atoms with Gasteiger partial charge in [-0.2, -0.15) is 13.2 Å². The van der Waals surface area contributed by atoms with Crippen LogP contribution in [0.4, 0.5) is 13.2 Å². The molecular weight excluding hydrogens is 351 g/mol. The van der Waals surface area contributed by atoms with Crippen LogP contribution in [0.15, 0.2) is 41.3 Å². The molecule has 0 aliphatic heterocycles. The minimum Gasteiger partial charge on any atom is -0.211 e. The van der Waals surface area contributed by atoms with Crippen LogP contribution in [0.25, 0.3) is 0 Å². The highest BCUT2D eigenvalue weighted by Crippen LogP contribution is 2.29. The van der Waals surface area contributed by atoms with Crippen molar-refractivity contribution in [2.24, 2.45) is 0 Å². The highest BCUT2D eigenvalue weighted by molar-refractivity contribution is 7.89. The van der Waals surface area contributed by atoms with Crippen molar-refractivity contribution in [1.82, 2.24) is 4.72 Å². The summed E-state index contributed by atoms with van der Waals surface area (Å²) in [6.07, 6.45) is -4.24. The molecule has 0 unspecified atom stereocenters. The van der Waals surface area contributed by atoms with E-state index >= 15 is 0 Å². The van der Waals surface area contributed by atoms with E-state index < -0.39 is 21.8 Å². The Morgan fingerprint density at radius 1 is 1.00 bits per heavy atom. The quantitative estimate of drug-likeness (QED) is 0.858. The number of halogens is 3. The van der Waals surface area contributed by atoms with Crippen LogP contribution in [-0.2, 0) is 22.6 Å². The number of hydrogen-bond donors (Lipinski definition) is 1. The largest absolute Gasteiger partial charge is 0.416 e. The molecule has 7 heteroatoms. The Morgan fingerprint density at radius 3 is 2.16 bits per heavy atom. The third-order valence-electron chi connectivity index (χ3n) is 3.83. The van der Waals surface area contributed by atoms with Crippen molar-refractivity contribution in [3.8, 4) is 0 Å². The Hall–Kier alpha value is -1.86. The van der Waals surface area contributed by atoms with Crippen LogP contribution in [0.3, 0.4) is 0 Å². The van der Waals surface area contributed by atoms with Crippen molar-refractivity contribution in [3.05, 3.63) is 64.2 Å². The number of nitrogens with one attached hydrogen (secondary N) is 1. The van der Waals surface area contributed by atoms with E-state index in [0.29, 0.717) is 16.7 Å². The minimum atomic E-state index is -4.41. The van der Waals surface area contributed by atoms with Crippen LogP contribution < -0.4 is 4.72 Å². The van der Waals surface area contributed by atoms with E-state index in [2.05, 4.69) is 4.72 Å². The molecule has 0 spiro atoms.